The van der Waals surface area contributed by atoms with Gasteiger partial charge in [-0.3, -0.25) is 9.59 Å². The molecule has 1 heterocycles. The third-order valence-electron chi connectivity index (χ3n) is 3.56. The number of hydrogen-bond donors (Lipinski definition) is 0. The van der Waals surface area contributed by atoms with E-state index < -0.39 is 0 Å². The summed E-state index contributed by atoms with van der Waals surface area (Å²) in [5.74, 6) is -0.262. The smallest absolute Gasteiger partial charge is 0.268 e. The van der Waals surface area contributed by atoms with Crippen LogP contribution in [0.25, 0.3) is 6.08 Å². The zero-order valence-corrected chi connectivity index (χ0v) is 13.2. The molecule has 0 radical (unpaired) electrons. The molecule has 0 unspecified atom stereocenters. The molecule has 1 aliphatic heterocycles. The topological polar surface area (TPSA) is 37.4 Å². The van der Waals surface area contributed by atoms with Crippen LogP contribution in [0.15, 0.2) is 53.4 Å². The number of amides is 2. The molecule has 3 nitrogen and oxygen atoms in total. The normalized spacial score (nSPS) is 16.6. The molecule has 110 valence electrons. The molecule has 0 aromatic heterocycles. The largest absolute Gasteiger partial charge is 0.298 e. The molecule has 4 heteroatoms. The molecule has 1 fully saturated rings. The molecule has 1 saturated heterocycles. The SMILES string of the molecule is Cc1ccc(N2C(=O)S/C(=C\c3ccccc3C)C2=O)cc1. The first-order valence-electron chi connectivity index (χ1n) is 6.96. The first-order chi connectivity index (χ1) is 10.6. The molecule has 2 amide bonds. The van der Waals surface area contributed by atoms with E-state index in [-0.39, 0.29) is 11.1 Å². The summed E-state index contributed by atoms with van der Waals surface area (Å²) in [5, 5.41) is -0.256. The van der Waals surface area contributed by atoms with Gasteiger partial charge in [-0.1, -0.05) is 42.0 Å². The van der Waals surface area contributed by atoms with Crippen LogP contribution in [0.2, 0.25) is 0 Å². The van der Waals surface area contributed by atoms with Crippen molar-refractivity contribution < 1.29 is 9.59 Å². The maximum absolute atomic E-state index is 12.5. The minimum atomic E-state index is -0.262. The molecular formula is C18H15NO2S. The Hall–Kier alpha value is -2.33. The maximum Gasteiger partial charge on any atom is 0.298 e. The summed E-state index contributed by atoms with van der Waals surface area (Å²) in [4.78, 5) is 26.4. The van der Waals surface area contributed by atoms with Gasteiger partial charge in [0, 0.05) is 0 Å². The summed E-state index contributed by atoms with van der Waals surface area (Å²) in [6, 6.07) is 15.2. The van der Waals surface area contributed by atoms with Crippen molar-refractivity contribution in [3.05, 3.63) is 70.1 Å². The number of aryl methyl sites for hydroxylation is 2. The van der Waals surface area contributed by atoms with Crippen LogP contribution in [-0.2, 0) is 4.79 Å². The van der Waals surface area contributed by atoms with Crippen LogP contribution in [0.4, 0.5) is 10.5 Å². The number of carbonyl (C=O) groups is 2. The van der Waals surface area contributed by atoms with Crippen molar-refractivity contribution in [2.24, 2.45) is 0 Å². The van der Waals surface area contributed by atoms with Gasteiger partial charge in [0.05, 0.1) is 10.6 Å². The number of imide groups is 1. The van der Waals surface area contributed by atoms with Crippen molar-refractivity contribution in [1.29, 1.82) is 0 Å². The highest BCUT2D eigenvalue weighted by Crippen LogP contribution is 2.36. The Balaban J connectivity index is 1.95. The molecule has 0 spiro atoms. The van der Waals surface area contributed by atoms with Crippen molar-refractivity contribution in [2.45, 2.75) is 13.8 Å². The van der Waals surface area contributed by atoms with Crippen LogP contribution in [0.5, 0.6) is 0 Å². The highest BCUT2D eigenvalue weighted by atomic mass is 32.2. The third-order valence-corrected chi connectivity index (χ3v) is 4.43. The zero-order valence-electron chi connectivity index (χ0n) is 12.4. The Bertz CT molecular complexity index is 778. The van der Waals surface area contributed by atoms with Crippen LogP contribution in [0, 0.1) is 13.8 Å². The van der Waals surface area contributed by atoms with Gasteiger partial charge < -0.3 is 0 Å². The Kier molecular flexibility index (Phi) is 3.86. The first kappa shape index (κ1) is 14.6. The van der Waals surface area contributed by atoms with E-state index in [2.05, 4.69) is 0 Å². The average molecular weight is 309 g/mol. The summed E-state index contributed by atoms with van der Waals surface area (Å²) in [7, 11) is 0. The number of anilines is 1. The molecule has 1 aliphatic rings. The van der Waals surface area contributed by atoms with E-state index in [1.54, 1.807) is 18.2 Å². The zero-order chi connectivity index (χ0) is 15.7. The average Bonchev–Trinajstić information content (AvgIpc) is 2.77. The van der Waals surface area contributed by atoms with Gasteiger partial charge in [0.25, 0.3) is 11.1 Å². The van der Waals surface area contributed by atoms with Crippen LogP contribution in [0.1, 0.15) is 16.7 Å². The molecule has 22 heavy (non-hydrogen) atoms. The molecule has 0 aliphatic carbocycles. The second-order valence-corrected chi connectivity index (χ2v) is 6.20. The Morgan fingerprint density at radius 3 is 2.32 bits per heavy atom. The highest BCUT2D eigenvalue weighted by Gasteiger charge is 2.36. The number of carbonyl (C=O) groups excluding carboxylic acids is 2. The number of thioether (sulfide) groups is 1. The van der Waals surface area contributed by atoms with E-state index in [9.17, 15) is 9.59 Å². The van der Waals surface area contributed by atoms with Gasteiger partial charge in [0.2, 0.25) is 0 Å². The van der Waals surface area contributed by atoms with Crippen LogP contribution in [0.3, 0.4) is 0 Å². The van der Waals surface area contributed by atoms with Crippen molar-refractivity contribution >= 4 is 34.7 Å². The van der Waals surface area contributed by atoms with Crippen LogP contribution in [-0.4, -0.2) is 11.1 Å². The number of nitrogens with zero attached hydrogens (tertiary/aromatic N) is 1. The van der Waals surface area contributed by atoms with Gasteiger partial charge in [-0.05, 0) is 54.9 Å². The standard InChI is InChI=1S/C18H15NO2S/c1-12-7-9-15(10-8-12)19-17(20)16(22-18(19)21)11-14-6-4-3-5-13(14)2/h3-11H,1-2H3/b16-11-. The van der Waals surface area contributed by atoms with Gasteiger partial charge in [-0.2, -0.15) is 0 Å². The minimum absolute atomic E-state index is 0.256. The summed E-state index contributed by atoms with van der Waals surface area (Å²) < 4.78 is 0. The van der Waals surface area contributed by atoms with Crippen LogP contribution < -0.4 is 4.90 Å². The second-order valence-electron chi connectivity index (χ2n) is 5.21. The third kappa shape index (κ3) is 2.70. The second kappa shape index (κ2) is 5.81. The van der Waals surface area contributed by atoms with Crippen molar-refractivity contribution in [1.82, 2.24) is 0 Å². The van der Waals surface area contributed by atoms with Gasteiger partial charge >= 0.3 is 0 Å². The summed E-state index contributed by atoms with van der Waals surface area (Å²) in [6.07, 6.45) is 1.79. The highest BCUT2D eigenvalue weighted by molar-refractivity contribution is 8.19. The van der Waals surface area contributed by atoms with Crippen molar-refractivity contribution in [2.75, 3.05) is 4.90 Å². The number of rotatable bonds is 2. The number of hydrogen-bond acceptors (Lipinski definition) is 3. The van der Waals surface area contributed by atoms with Crippen LogP contribution >= 0.6 is 11.8 Å². The fraction of sp³-hybridized carbons (Fsp3) is 0.111. The lowest BCUT2D eigenvalue weighted by Gasteiger charge is -2.12. The Morgan fingerprint density at radius 1 is 0.955 bits per heavy atom. The van der Waals surface area contributed by atoms with E-state index in [0.717, 1.165) is 28.5 Å². The lowest BCUT2D eigenvalue weighted by molar-refractivity contribution is -0.113. The molecule has 3 rings (SSSR count). The Morgan fingerprint density at radius 2 is 1.64 bits per heavy atom. The molecule has 0 bridgehead atoms. The van der Waals surface area contributed by atoms with E-state index in [1.165, 1.54) is 4.90 Å². The van der Waals surface area contributed by atoms with E-state index in [4.69, 9.17) is 0 Å². The van der Waals surface area contributed by atoms with Gasteiger partial charge in [-0.25, -0.2) is 4.90 Å². The summed E-state index contributed by atoms with van der Waals surface area (Å²) in [5.41, 5.74) is 3.73. The molecule has 0 N–H and O–H groups in total. The summed E-state index contributed by atoms with van der Waals surface area (Å²) >= 11 is 0.983. The minimum Gasteiger partial charge on any atom is -0.268 e. The quantitative estimate of drug-likeness (QED) is 0.764. The van der Waals surface area contributed by atoms with Gasteiger partial charge in [0.1, 0.15) is 0 Å². The molecule has 2 aromatic carbocycles. The number of benzene rings is 2. The predicted molar refractivity (Wildman–Crippen MR) is 90.8 cm³/mol. The molecule has 0 atom stereocenters. The van der Waals surface area contributed by atoms with Gasteiger partial charge in [0.15, 0.2) is 0 Å². The molecular weight excluding hydrogens is 294 g/mol. The maximum atomic E-state index is 12.5. The fourth-order valence-electron chi connectivity index (χ4n) is 2.27. The van der Waals surface area contributed by atoms with Crippen molar-refractivity contribution in [3.63, 3.8) is 0 Å². The monoisotopic (exact) mass is 309 g/mol. The lowest BCUT2D eigenvalue weighted by atomic mass is 10.1. The van der Waals surface area contributed by atoms with E-state index in [1.807, 2.05) is 50.2 Å². The van der Waals surface area contributed by atoms with E-state index in [0.29, 0.717) is 10.6 Å². The predicted octanol–water partition coefficient (Wildman–Crippen LogP) is 4.54. The van der Waals surface area contributed by atoms with Gasteiger partial charge in [-0.15, -0.1) is 0 Å². The molecule has 2 aromatic rings. The van der Waals surface area contributed by atoms with Crippen molar-refractivity contribution in [3.8, 4) is 0 Å². The van der Waals surface area contributed by atoms with E-state index >= 15 is 0 Å². The lowest BCUT2D eigenvalue weighted by Crippen LogP contribution is -2.27. The Labute approximate surface area is 133 Å². The molecule has 0 saturated carbocycles. The summed E-state index contributed by atoms with van der Waals surface area (Å²) in [6.45, 7) is 3.95. The fourth-order valence-corrected chi connectivity index (χ4v) is 3.11. The first-order valence-corrected chi connectivity index (χ1v) is 7.78.